The second kappa shape index (κ2) is 14.1. The highest BCUT2D eigenvalue weighted by atomic mass is 35.5. The van der Waals surface area contributed by atoms with E-state index in [1.807, 2.05) is 57.2 Å². The minimum Gasteiger partial charge on any atom is -0.490 e. The van der Waals surface area contributed by atoms with E-state index in [9.17, 15) is 14.7 Å². The molecule has 1 saturated carbocycles. The molecule has 5 atom stereocenters. The SMILES string of the molecule is CC(C)(C)OC(=O)c1ccc2c(c1)N(C[C@@H]1CC[C@H]1[C@@H](O)C1=C[C@H](CCOC(=O)c3ccccc3)C1)C[C@@]1(CCCc3cc(Cl)ccc31)CO2. The molecule has 1 aliphatic heterocycles. The number of anilines is 1. The van der Waals surface area contributed by atoms with Gasteiger partial charge in [0.2, 0.25) is 0 Å². The van der Waals surface area contributed by atoms with E-state index in [0.29, 0.717) is 36.2 Å². The van der Waals surface area contributed by atoms with Crippen LogP contribution in [0.25, 0.3) is 0 Å². The molecule has 1 heterocycles. The summed E-state index contributed by atoms with van der Waals surface area (Å²) in [6, 6.07) is 21.0. The lowest BCUT2D eigenvalue weighted by molar-refractivity contribution is 0.00692. The summed E-state index contributed by atoms with van der Waals surface area (Å²) in [5, 5.41) is 12.3. The summed E-state index contributed by atoms with van der Waals surface area (Å²) in [5.74, 6) is 0.876. The predicted molar refractivity (Wildman–Crippen MR) is 195 cm³/mol. The Balaban J connectivity index is 1.07. The minimum absolute atomic E-state index is 0.160. The summed E-state index contributed by atoms with van der Waals surface area (Å²) in [5.41, 5.74) is 4.81. The Morgan fingerprint density at radius 2 is 1.84 bits per heavy atom. The molecule has 3 aromatic carbocycles. The van der Waals surface area contributed by atoms with Crippen molar-refractivity contribution in [1.82, 2.24) is 0 Å². The Hall–Kier alpha value is -3.81. The number of aryl methyl sites for hydroxylation is 1. The largest absolute Gasteiger partial charge is 0.490 e. The van der Waals surface area contributed by atoms with Crippen molar-refractivity contribution >= 4 is 29.2 Å². The highest BCUT2D eigenvalue weighted by Gasteiger charge is 2.45. The summed E-state index contributed by atoms with van der Waals surface area (Å²) < 4.78 is 17.9. The van der Waals surface area contributed by atoms with Gasteiger partial charge in [-0.3, -0.25) is 0 Å². The highest BCUT2D eigenvalue weighted by Crippen LogP contribution is 2.48. The van der Waals surface area contributed by atoms with Crippen LogP contribution in [0.2, 0.25) is 5.02 Å². The molecule has 0 unspecified atom stereocenters. The zero-order chi connectivity index (χ0) is 35.0. The molecule has 0 amide bonds. The molecule has 3 aliphatic carbocycles. The van der Waals surface area contributed by atoms with E-state index in [1.54, 1.807) is 18.2 Å². The number of benzene rings is 3. The lowest BCUT2D eigenvalue weighted by Gasteiger charge is -2.47. The van der Waals surface area contributed by atoms with Crippen LogP contribution in [0.3, 0.4) is 0 Å². The highest BCUT2D eigenvalue weighted by molar-refractivity contribution is 6.30. The third-order valence-corrected chi connectivity index (χ3v) is 11.3. The maximum Gasteiger partial charge on any atom is 0.338 e. The smallest absolute Gasteiger partial charge is 0.338 e. The van der Waals surface area contributed by atoms with Crippen molar-refractivity contribution in [3.8, 4) is 5.75 Å². The Morgan fingerprint density at radius 3 is 2.58 bits per heavy atom. The summed E-state index contributed by atoms with van der Waals surface area (Å²) >= 11 is 6.45. The van der Waals surface area contributed by atoms with Crippen molar-refractivity contribution in [2.75, 3.05) is 31.2 Å². The van der Waals surface area contributed by atoms with Crippen LogP contribution >= 0.6 is 11.6 Å². The number of esters is 2. The van der Waals surface area contributed by atoms with Crippen LogP contribution in [-0.4, -0.2) is 55.1 Å². The lowest BCUT2D eigenvalue weighted by atomic mass is 9.65. The maximum atomic E-state index is 13.2. The molecule has 0 aromatic heterocycles. The van der Waals surface area contributed by atoms with Gasteiger partial charge in [0, 0.05) is 23.5 Å². The molecule has 7 nitrogen and oxygen atoms in total. The normalized spacial score (nSPS) is 24.7. The van der Waals surface area contributed by atoms with E-state index >= 15 is 0 Å². The Kier molecular flexibility index (Phi) is 9.75. The van der Waals surface area contributed by atoms with Crippen LogP contribution < -0.4 is 9.64 Å². The summed E-state index contributed by atoms with van der Waals surface area (Å²) in [4.78, 5) is 27.9. The van der Waals surface area contributed by atoms with Gasteiger partial charge in [-0.25, -0.2) is 9.59 Å². The van der Waals surface area contributed by atoms with Crippen LogP contribution in [0.5, 0.6) is 5.75 Å². The minimum atomic E-state index is -0.603. The van der Waals surface area contributed by atoms with Gasteiger partial charge in [-0.1, -0.05) is 41.9 Å². The number of rotatable bonds is 9. The molecule has 4 aliphatic rings. The molecule has 0 radical (unpaired) electrons. The fourth-order valence-electron chi connectivity index (χ4n) is 8.31. The third-order valence-electron chi connectivity index (χ3n) is 11.1. The molecule has 50 heavy (non-hydrogen) atoms. The van der Waals surface area contributed by atoms with Crippen LogP contribution in [0.4, 0.5) is 5.69 Å². The number of fused-ring (bicyclic) bond motifs is 3. The van der Waals surface area contributed by atoms with Crippen molar-refractivity contribution in [2.24, 2.45) is 17.8 Å². The molecule has 3 aromatic rings. The second-order valence-corrected chi connectivity index (χ2v) is 16.2. The topological polar surface area (TPSA) is 85.3 Å². The number of halogens is 1. The number of hydrogen-bond donors (Lipinski definition) is 1. The molecular weight excluding hydrogens is 650 g/mol. The molecule has 8 heteroatoms. The van der Waals surface area contributed by atoms with Gasteiger partial charge in [0.25, 0.3) is 0 Å². The monoisotopic (exact) mass is 697 g/mol. The van der Waals surface area contributed by atoms with E-state index in [0.717, 1.165) is 80.1 Å². The van der Waals surface area contributed by atoms with Gasteiger partial charge in [0.05, 0.1) is 36.1 Å². The lowest BCUT2D eigenvalue weighted by Crippen LogP contribution is -2.50. The number of aliphatic hydroxyl groups excluding tert-OH is 1. The summed E-state index contributed by atoms with van der Waals surface area (Å²) in [6.45, 7) is 8.05. The van der Waals surface area contributed by atoms with E-state index in [1.165, 1.54) is 11.1 Å². The first kappa shape index (κ1) is 34.6. The predicted octanol–water partition coefficient (Wildman–Crippen LogP) is 8.35. The van der Waals surface area contributed by atoms with Crippen LogP contribution in [0.1, 0.15) is 91.1 Å². The van der Waals surface area contributed by atoms with Crippen molar-refractivity contribution in [2.45, 2.75) is 82.8 Å². The fraction of sp³-hybridized carbons (Fsp3) is 0.476. The zero-order valence-electron chi connectivity index (χ0n) is 29.3. The number of carbonyl (C=O) groups excluding carboxylic acids is 2. The van der Waals surface area contributed by atoms with Gasteiger partial charge in [0.15, 0.2) is 0 Å². The average Bonchev–Trinajstić information content (AvgIpc) is 3.20. The number of carbonyl (C=O) groups is 2. The van der Waals surface area contributed by atoms with Crippen molar-refractivity contribution in [1.29, 1.82) is 0 Å². The number of allylic oxidation sites excluding steroid dienone is 1. The third kappa shape index (κ3) is 7.31. The van der Waals surface area contributed by atoms with Crippen LogP contribution in [0.15, 0.2) is 78.4 Å². The van der Waals surface area contributed by atoms with Crippen molar-refractivity contribution in [3.63, 3.8) is 0 Å². The first-order valence-electron chi connectivity index (χ1n) is 18.1. The molecule has 0 bridgehead atoms. The second-order valence-electron chi connectivity index (χ2n) is 15.7. The van der Waals surface area contributed by atoms with E-state index < -0.39 is 11.7 Å². The average molecular weight is 698 g/mol. The standard InChI is InChI=1S/C42H48ClNO6/c1-41(2,3)50-40(47)30-12-16-37-36(23-30)44(25-42(26-49-37)18-7-10-29-22-33(43)13-15-35(29)42)24-31-11-14-34(31)38(45)32-20-27(21-32)17-19-48-39(46)28-8-5-4-6-9-28/h4-6,8-9,12-13,15-16,20,22-23,27,31,34,38,45H,7,10-11,14,17-19,21,24-26H2,1-3H3/t27-,31-,34+,38-,42-/m0/s1. The van der Waals surface area contributed by atoms with Crippen molar-refractivity contribution in [3.05, 3.63) is 106 Å². The Bertz CT molecular complexity index is 1770. The van der Waals surface area contributed by atoms with E-state index in [2.05, 4.69) is 23.1 Å². The fourth-order valence-corrected chi connectivity index (χ4v) is 8.51. The molecule has 0 saturated heterocycles. The summed E-state index contributed by atoms with van der Waals surface area (Å²) in [6.07, 6.45) is 8.33. The molecule has 1 spiro atoms. The van der Waals surface area contributed by atoms with Gasteiger partial charge >= 0.3 is 11.9 Å². The molecule has 264 valence electrons. The Labute approximate surface area is 300 Å². The zero-order valence-corrected chi connectivity index (χ0v) is 30.1. The van der Waals surface area contributed by atoms with E-state index in [4.69, 9.17) is 25.8 Å². The first-order chi connectivity index (χ1) is 24.0. The van der Waals surface area contributed by atoms with Gasteiger partial charge < -0.3 is 24.2 Å². The Morgan fingerprint density at radius 1 is 1.04 bits per heavy atom. The van der Waals surface area contributed by atoms with Crippen LogP contribution in [0, 0.1) is 17.8 Å². The number of ether oxygens (including phenoxy) is 3. The van der Waals surface area contributed by atoms with Crippen molar-refractivity contribution < 1.29 is 28.9 Å². The maximum absolute atomic E-state index is 13.2. The molecular formula is C42H48ClNO6. The van der Waals surface area contributed by atoms with Crippen LogP contribution in [-0.2, 0) is 21.3 Å². The molecule has 7 rings (SSSR count). The molecule has 1 fully saturated rings. The van der Waals surface area contributed by atoms with E-state index in [-0.39, 0.29) is 23.3 Å². The summed E-state index contributed by atoms with van der Waals surface area (Å²) in [7, 11) is 0. The van der Waals surface area contributed by atoms with Gasteiger partial charge in [-0.15, -0.1) is 0 Å². The van der Waals surface area contributed by atoms with Gasteiger partial charge in [-0.2, -0.15) is 0 Å². The number of hydrogen-bond acceptors (Lipinski definition) is 7. The van der Waals surface area contributed by atoms with Gasteiger partial charge in [0.1, 0.15) is 11.4 Å². The van der Waals surface area contributed by atoms with Gasteiger partial charge in [-0.05, 0) is 143 Å². The number of nitrogens with zero attached hydrogens (tertiary/aromatic N) is 1. The molecule has 1 N–H and O–H groups in total. The number of aliphatic hydroxyl groups is 1. The quantitative estimate of drug-likeness (QED) is 0.178. The first-order valence-corrected chi connectivity index (χ1v) is 18.5.